The van der Waals surface area contributed by atoms with Crippen LogP contribution in [0.4, 0.5) is 0 Å². The SMILES string of the molecule is CCCn1cc(CN2C[C@@H](CO)[C@H](NC(=O)COC)C2)c2ccccc21. The highest BCUT2D eigenvalue weighted by Crippen LogP contribution is 2.26. The summed E-state index contributed by atoms with van der Waals surface area (Å²) >= 11 is 0. The molecule has 1 amide bonds. The van der Waals surface area contributed by atoms with Crippen LogP contribution in [0.25, 0.3) is 10.9 Å². The zero-order chi connectivity index (χ0) is 18.5. The number of aromatic nitrogens is 1. The van der Waals surface area contributed by atoms with E-state index in [4.69, 9.17) is 4.74 Å². The number of aliphatic hydroxyl groups is 1. The van der Waals surface area contributed by atoms with Crippen molar-refractivity contribution >= 4 is 16.8 Å². The molecule has 26 heavy (non-hydrogen) atoms. The van der Waals surface area contributed by atoms with Crippen LogP contribution in [0.1, 0.15) is 18.9 Å². The molecule has 0 radical (unpaired) electrons. The monoisotopic (exact) mass is 359 g/mol. The van der Waals surface area contributed by atoms with E-state index in [2.05, 4.69) is 52.2 Å². The number of para-hydroxylation sites is 1. The van der Waals surface area contributed by atoms with Crippen molar-refractivity contribution in [2.24, 2.45) is 5.92 Å². The number of carbonyl (C=O) groups is 1. The average molecular weight is 359 g/mol. The Morgan fingerprint density at radius 2 is 2.15 bits per heavy atom. The lowest BCUT2D eigenvalue weighted by Gasteiger charge is -2.17. The van der Waals surface area contributed by atoms with E-state index in [1.807, 2.05) is 0 Å². The maximum Gasteiger partial charge on any atom is 0.246 e. The second-order valence-electron chi connectivity index (χ2n) is 7.11. The number of carbonyl (C=O) groups excluding carboxylic acids is 1. The fourth-order valence-electron chi connectivity index (χ4n) is 3.93. The van der Waals surface area contributed by atoms with Crippen LogP contribution in [0.15, 0.2) is 30.5 Å². The van der Waals surface area contributed by atoms with E-state index >= 15 is 0 Å². The number of amides is 1. The van der Waals surface area contributed by atoms with Gasteiger partial charge in [-0.25, -0.2) is 0 Å². The fourth-order valence-corrected chi connectivity index (χ4v) is 3.93. The van der Waals surface area contributed by atoms with Gasteiger partial charge in [-0.15, -0.1) is 0 Å². The molecule has 1 aromatic heterocycles. The smallest absolute Gasteiger partial charge is 0.246 e. The molecule has 6 heteroatoms. The van der Waals surface area contributed by atoms with Crippen LogP contribution in [-0.2, 0) is 22.6 Å². The number of hydrogen-bond acceptors (Lipinski definition) is 4. The molecule has 1 saturated heterocycles. The summed E-state index contributed by atoms with van der Waals surface area (Å²) in [6.45, 7) is 5.68. The first kappa shape index (κ1) is 18.9. The number of hydrogen-bond donors (Lipinski definition) is 2. The molecule has 2 atom stereocenters. The Labute approximate surface area is 154 Å². The molecule has 0 aliphatic carbocycles. The topological polar surface area (TPSA) is 66.7 Å². The average Bonchev–Trinajstić information content (AvgIpc) is 3.17. The second-order valence-corrected chi connectivity index (χ2v) is 7.11. The highest BCUT2D eigenvalue weighted by molar-refractivity contribution is 5.84. The van der Waals surface area contributed by atoms with Gasteiger partial charge in [0.2, 0.25) is 5.91 Å². The van der Waals surface area contributed by atoms with Gasteiger partial charge in [-0.2, -0.15) is 0 Å². The molecule has 1 aromatic carbocycles. The summed E-state index contributed by atoms with van der Waals surface area (Å²) in [4.78, 5) is 14.2. The predicted octanol–water partition coefficient (Wildman–Crippen LogP) is 1.61. The first-order valence-corrected chi connectivity index (χ1v) is 9.34. The summed E-state index contributed by atoms with van der Waals surface area (Å²) in [5, 5.41) is 14.0. The van der Waals surface area contributed by atoms with Gasteiger partial charge in [0.05, 0.1) is 0 Å². The van der Waals surface area contributed by atoms with Crippen molar-refractivity contribution in [1.82, 2.24) is 14.8 Å². The molecular weight excluding hydrogens is 330 g/mol. The Balaban J connectivity index is 1.73. The molecule has 0 saturated carbocycles. The van der Waals surface area contributed by atoms with Crippen molar-refractivity contribution < 1.29 is 14.6 Å². The third kappa shape index (κ3) is 4.09. The Kier molecular flexibility index (Phi) is 6.29. The lowest BCUT2D eigenvalue weighted by atomic mass is 10.1. The molecule has 1 aliphatic rings. The fraction of sp³-hybridized carbons (Fsp3) is 0.550. The minimum atomic E-state index is -0.127. The van der Waals surface area contributed by atoms with Gasteiger partial charge in [0, 0.05) is 69.0 Å². The Morgan fingerprint density at radius 1 is 1.35 bits per heavy atom. The van der Waals surface area contributed by atoms with Crippen LogP contribution < -0.4 is 5.32 Å². The number of fused-ring (bicyclic) bond motifs is 1. The number of methoxy groups -OCH3 is 1. The lowest BCUT2D eigenvalue weighted by Crippen LogP contribution is -2.43. The van der Waals surface area contributed by atoms with Crippen LogP contribution in [0.2, 0.25) is 0 Å². The molecule has 3 rings (SSSR count). The summed E-state index contributed by atoms with van der Waals surface area (Å²) in [6, 6.07) is 8.47. The van der Waals surface area contributed by atoms with Gasteiger partial charge in [0.25, 0.3) is 0 Å². The van der Waals surface area contributed by atoms with Crippen LogP contribution in [0.3, 0.4) is 0 Å². The van der Waals surface area contributed by atoms with Crippen LogP contribution >= 0.6 is 0 Å². The summed E-state index contributed by atoms with van der Waals surface area (Å²) < 4.78 is 7.21. The van der Waals surface area contributed by atoms with E-state index in [9.17, 15) is 9.90 Å². The van der Waals surface area contributed by atoms with E-state index in [0.717, 1.165) is 32.6 Å². The lowest BCUT2D eigenvalue weighted by molar-refractivity contribution is -0.125. The number of rotatable bonds is 8. The van der Waals surface area contributed by atoms with Gasteiger partial charge in [0.15, 0.2) is 0 Å². The molecule has 2 heterocycles. The van der Waals surface area contributed by atoms with Gasteiger partial charge in [-0.1, -0.05) is 25.1 Å². The molecule has 0 bridgehead atoms. The molecule has 0 unspecified atom stereocenters. The van der Waals surface area contributed by atoms with Crippen molar-refractivity contribution in [2.75, 3.05) is 33.4 Å². The predicted molar refractivity (Wildman–Crippen MR) is 102 cm³/mol. The largest absolute Gasteiger partial charge is 0.396 e. The van der Waals surface area contributed by atoms with Crippen LogP contribution in [-0.4, -0.2) is 59.9 Å². The van der Waals surface area contributed by atoms with Gasteiger partial charge in [0.1, 0.15) is 6.61 Å². The van der Waals surface area contributed by atoms with E-state index < -0.39 is 0 Å². The molecular formula is C20H29N3O3. The number of aryl methyl sites for hydroxylation is 1. The summed E-state index contributed by atoms with van der Waals surface area (Å²) in [7, 11) is 1.51. The maximum atomic E-state index is 11.8. The van der Waals surface area contributed by atoms with Gasteiger partial charge in [-0.05, 0) is 18.1 Å². The minimum Gasteiger partial charge on any atom is -0.396 e. The molecule has 0 spiro atoms. The van der Waals surface area contributed by atoms with Crippen LogP contribution in [0.5, 0.6) is 0 Å². The van der Waals surface area contributed by atoms with E-state index in [1.54, 1.807) is 0 Å². The number of aliphatic hydroxyl groups excluding tert-OH is 1. The first-order valence-electron chi connectivity index (χ1n) is 9.34. The maximum absolute atomic E-state index is 11.8. The third-order valence-electron chi connectivity index (χ3n) is 5.10. The van der Waals surface area contributed by atoms with Crippen molar-refractivity contribution in [1.29, 1.82) is 0 Å². The zero-order valence-electron chi connectivity index (χ0n) is 15.6. The summed E-state index contributed by atoms with van der Waals surface area (Å²) in [5.41, 5.74) is 2.57. The molecule has 2 N–H and O–H groups in total. The van der Waals surface area contributed by atoms with Crippen molar-refractivity contribution in [2.45, 2.75) is 32.5 Å². The highest BCUT2D eigenvalue weighted by Gasteiger charge is 2.33. The number of nitrogens with one attached hydrogen (secondary N) is 1. The Hall–Kier alpha value is -1.89. The third-order valence-corrected chi connectivity index (χ3v) is 5.10. The molecule has 6 nitrogen and oxygen atoms in total. The van der Waals surface area contributed by atoms with Crippen molar-refractivity contribution in [3.63, 3.8) is 0 Å². The van der Waals surface area contributed by atoms with Crippen molar-refractivity contribution in [3.05, 3.63) is 36.0 Å². The van der Waals surface area contributed by atoms with Crippen molar-refractivity contribution in [3.8, 4) is 0 Å². The van der Waals surface area contributed by atoms with Gasteiger partial charge >= 0.3 is 0 Å². The standard InChI is InChI=1S/C20H29N3O3/c1-3-8-23-11-15(17-6-4-5-7-19(17)23)9-22-10-16(13-24)18(12-22)21-20(25)14-26-2/h4-7,11,16,18,24H,3,8-10,12-14H2,1-2H3,(H,21,25)/t16-,18+/m0/s1. The number of likely N-dealkylation sites (tertiary alicyclic amines) is 1. The Bertz CT molecular complexity index is 743. The minimum absolute atomic E-state index is 0.0355. The second kappa shape index (κ2) is 8.66. The summed E-state index contributed by atoms with van der Waals surface area (Å²) in [5.74, 6) is -0.0721. The molecule has 1 fully saturated rings. The quantitative estimate of drug-likeness (QED) is 0.751. The van der Waals surface area contributed by atoms with Gasteiger partial charge in [-0.3, -0.25) is 9.69 Å². The van der Waals surface area contributed by atoms with E-state index in [-0.39, 0.29) is 31.1 Å². The normalized spacial score (nSPS) is 20.7. The Morgan fingerprint density at radius 3 is 2.88 bits per heavy atom. The van der Waals surface area contributed by atoms with Gasteiger partial charge < -0.3 is 19.7 Å². The zero-order valence-corrected chi connectivity index (χ0v) is 15.6. The number of benzene rings is 1. The summed E-state index contributed by atoms with van der Waals surface area (Å²) in [6.07, 6.45) is 3.35. The molecule has 142 valence electrons. The van der Waals surface area contributed by atoms with E-state index in [1.165, 1.54) is 23.6 Å². The molecule has 2 aromatic rings. The molecule has 1 aliphatic heterocycles. The number of ether oxygens (including phenoxy) is 1. The highest BCUT2D eigenvalue weighted by atomic mass is 16.5. The van der Waals surface area contributed by atoms with E-state index in [0.29, 0.717) is 0 Å². The van der Waals surface area contributed by atoms with Crippen LogP contribution in [0, 0.1) is 5.92 Å². The first-order chi connectivity index (χ1) is 12.7. The number of nitrogens with zero attached hydrogens (tertiary/aromatic N) is 2.